The minimum atomic E-state index is -0.354. The number of nitrogens with zero attached hydrogens (tertiary/aromatic N) is 6. The average Bonchev–Trinajstić information content (AvgIpc) is 3.39. The number of anilines is 1. The molecule has 1 N–H and O–H groups in total. The molecular weight excluding hydrogens is 370 g/mol. The van der Waals surface area contributed by atoms with Crippen molar-refractivity contribution in [1.29, 1.82) is 0 Å². The van der Waals surface area contributed by atoms with Crippen LogP contribution in [-0.2, 0) is 26.7 Å². The summed E-state index contributed by atoms with van der Waals surface area (Å²) in [6, 6.07) is 3.89. The summed E-state index contributed by atoms with van der Waals surface area (Å²) in [6.07, 6.45) is 3.90. The van der Waals surface area contributed by atoms with Crippen LogP contribution in [0.2, 0.25) is 0 Å². The van der Waals surface area contributed by atoms with Crippen LogP contribution in [0.1, 0.15) is 6.92 Å². The van der Waals surface area contributed by atoms with Gasteiger partial charge in [-0.2, -0.15) is 4.98 Å². The van der Waals surface area contributed by atoms with Gasteiger partial charge >= 0.3 is 5.69 Å². The minimum Gasteiger partial charge on any atom is -0.352 e. The molecule has 0 atom stereocenters. The first-order valence-corrected chi connectivity index (χ1v) is 9.78. The number of rotatable bonds is 5. The van der Waals surface area contributed by atoms with E-state index in [0.29, 0.717) is 36.7 Å². The van der Waals surface area contributed by atoms with E-state index < -0.39 is 0 Å². The van der Waals surface area contributed by atoms with Crippen molar-refractivity contribution in [2.75, 3.05) is 31.1 Å². The first-order chi connectivity index (χ1) is 14.1. The second-order valence-electron chi connectivity index (χ2n) is 7.05. The molecule has 0 radical (unpaired) electrons. The summed E-state index contributed by atoms with van der Waals surface area (Å²) < 4.78 is 6.61. The smallest absolute Gasteiger partial charge is 0.332 e. The SMILES string of the molecule is CC#CCn1c(N2CCNCC2)nc2c1c(=O)n(C)c(=O)n2CCn1cccc1. The van der Waals surface area contributed by atoms with Crippen molar-refractivity contribution in [3.05, 3.63) is 45.4 Å². The molecule has 0 unspecified atom stereocenters. The van der Waals surface area contributed by atoms with Crippen molar-refractivity contribution in [3.63, 3.8) is 0 Å². The molecule has 0 bridgehead atoms. The van der Waals surface area contributed by atoms with Gasteiger partial charge in [0, 0.05) is 58.7 Å². The van der Waals surface area contributed by atoms with E-state index >= 15 is 0 Å². The van der Waals surface area contributed by atoms with Gasteiger partial charge in [0.25, 0.3) is 5.56 Å². The molecule has 0 aliphatic carbocycles. The Kier molecular flexibility index (Phi) is 5.27. The Hall–Kier alpha value is -3.25. The summed E-state index contributed by atoms with van der Waals surface area (Å²) in [6.45, 7) is 6.45. The molecule has 3 aromatic rings. The van der Waals surface area contributed by atoms with Gasteiger partial charge in [0.05, 0.1) is 6.54 Å². The summed E-state index contributed by atoms with van der Waals surface area (Å²) in [5.74, 6) is 6.64. The van der Waals surface area contributed by atoms with Gasteiger partial charge in [0.15, 0.2) is 11.2 Å². The van der Waals surface area contributed by atoms with Gasteiger partial charge in [-0.1, -0.05) is 5.92 Å². The molecule has 0 spiro atoms. The predicted octanol–water partition coefficient (Wildman–Crippen LogP) is -0.169. The maximum atomic E-state index is 13.0. The molecule has 3 aromatic heterocycles. The maximum absolute atomic E-state index is 13.0. The molecule has 1 fully saturated rings. The first-order valence-electron chi connectivity index (χ1n) is 9.78. The zero-order valence-electron chi connectivity index (χ0n) is 16.8. The van der Waals surface area contributed by atoms with E-state index in [-0.39, 0.29) is 11.2 Å². The number of imidazole rings is 1. The number of nitrogens with one attached hydrogen (secondary N) is 1. The minimum absolute atomic E-state index is 0.339. The Bertz CT molecular complexity index is 1180. The maximum Gasteiger partial charge on any atom is 0.332 e. The third-order valence-electron chi connectivity index (χ3n) is 5.27. The van der Waals surface area contributed by atoms with Crippen LogP contribution in [0, 0.1) is 11.8 Å². The van der Waals surface area contributed by atoms with Crippen LogP contribution in [0.3, 0.4) is 0 Å². The van der Waals surface area contributed by atoms with Gasteiger partial charge in [0.1, 0.15) is 0 Å². The normalized spacial score (nSPS) is 14.2. The Morgan fingerprint density at radius 2 is 1.83 bits per heavy atom. The molecule has 0 amide bonds. The van der Waals surface area contributed by atoms with E-state index in [9.17, 15) is 9.59 Å². The summed E-state index contributed by atoms with van der Waals surface area (Å²) in [5.41, 5.74) is 0.161. The lowest BCUT2D eigenvalue weighted by atomic mass is 10.4. The highest BCUT2D eigenvalue weighted by molar-refractivity contribution is 5.75. The second kappa shape index (κ2) is 8.01. The lowest BCUT2D eigenvalue weighted by molar-refractivity contribution is 0.549. The summed E-state index contributed by atoms with van der Waals surface area (Å²) in [7, 11) is 1.52. The van der Waals surface area contributed by atoms with Gasteiger partial charge in [-0.25, -0.2) is 4.79 Å². The third kappa shape index (κ3) is 3.47. The second-order valence-corrected chi connectivity index (χ2v) is 7.05. The highest BCUT2D eigenvalue weighted by atomic mass is 16.2. The van der Waals surface area contributed by atoms with Crippen LogP contribution in [0.15, 0.2) is 34.1 Å². The van der Waals surface area contributed by atoms with E-state index in [2.05, 4.69) is 22.1 Å². The van der Waals surface area contributed by atoms with Crippen LogP contribution in [0.4, 0.5) is 5.95 Å². The third-order valence-corrected chi connectivity index (χ3v) is 5.27. The molecule has 1 aliphatic rings. The highest BCUT2D eigenvalue weighted by Crippen LogP contribution is 2.20. The van der Waals surface area contributed by atoms with Crippen LogP contribution in [0.25, 0.3) is 11.2 Å². The number of piperazine rings is 1. The topological polar surface area (TPSA) is 82.0 Å². The number of aryl methyl sites for hydroxylation is 2. The zero-order valence-corrected chi connectivity index (χ0v) is 16.8. The molecule has 4 heterocycles. The van der Waals surface area contributed by atoms with Crippen molar-refractivity contribution in [2.45, 2.75) is 26.6 Å². The molecule has 152 valence electrons. The standard InChI is InChI=1S/C20H25N7O2/c1-3-4-11-26-16-17(22-19(26)25-12-7-21-8-13-25)27(20(29)23(2)18(16)28)15-14-24-9-5-6-10-24/h5-6,9-10,21H,7-8,11-15H2,1-2H3. The van der Waals surface area contributed by atoms with Gasteiger partial charge in [-0.05, 0) is 19.1 Å². The number of hydrogen-bond donors (Lipinski definition) is 1. The van der Waals surface area contributed by atoms with Gasteiger partial charge in [0.2, 0.25) is 5.95 Å². The first kappa shape index (κ1) is 19.1. The Morgan fingerprint density at radius 1 is 1.10 bits per heavy atom. The van der Waals surface area contributed by atoms with Crippen LogP contribution in [0.5, 0.6) is 0 Å². The molecule has 4 rings (SSSR count). The van der Waals surface area contributed by atoms with E-state index in [0.717, 1.165) is 30.7 Å². The molecule has 29 heavy (non-hydrogen) atoms. The fourth-order valence-corrected chi connectivity index (χ4v) is 3.70. The monoisotopic (exact) mass is 395 g/mol. The van der Waals surface area contributed by atoms with Crippen molar-refractivity contribution >= 4 is 17.1 Å². The fraction of sp³-hybridized carbons (Fsp3) is 0.450. The molecule has 0 saturated carbocycles. The van der Waals surface area contributed by atoms with E-state index in [1.165, 1.54) is 7.05 Å². The van der Waals surface area contributed by atoms with Gasteiger partial charge in [-0.15, -0.1) is 5.92 Å². The van der Waals surface area contributed by atoms with Gasteiger partial charge in [-0.3, -0.25) is 18.5 Å². The molecule has 0 aromatic carbocycles. The molecule has 1 aliphatic heterocycles. The number of hydrogen-bond acceptors (Lipinski definition) is 5. The molecule has 9 nitrogen and oxygen atoms in total. The predicted molar refractivity (Wildman–Crippen MR) is 112 cm³/mol. The quantitative estimate of drug-likeness (QED) is 0.607. The largest absolute Gasteiger partial charge is 0.352 e. The van der Waals surface area contributed by atoms with E-state index in [1.807, 2.05) is 33.7 Å². The van der Waals surface area contributed by atoms with Crippen molar-refractivity contribution in [3.8, 4) is 11.8 Å². The lowest BCUT2D eigenvalue weighted by Gasteiger charge is -2.28. The fourth-order valence-electron chi connectivity index (χ4n) is 3.70. The van der Waals surface area contributed by atoms with Crippen molar-refractivity contribution in [2.24, 2.45) is 7.05 Å². The zero-order chi connectivity index (χ0) is 20.4. The van der Waals surface area contributed by atoms with E-state index in [1.54, 1.807) is 11.5 Å². The molecule has 9 heteroatoms. The van der Waals surface area contributed by atoms with Crippen molar-refractivity contribution in [1.82, 2.24) is 28.6 Å². The average molecular weight is 395 g/mol. The number of aromatic nitrogens is 5. The van der Waals surface area contributed by atoms with Crippen LogP contribution >= 0.6 is 0 Å². The van der Waals surface area contributed by atoms with Crippen molar-refractivity contribution < 1.29 is 0 Å². The van der Waals surface area contributed by atoms with Crippen LogP contribution in [-0.4, -0.2) is 49.4 Å². The van der Waals surface area contributed by atoms with Crippen LogP contribution < -0.4 is 21.5 Å². The summed E-state index contributed by atoms with van der Waals surface area (Å²) >= 11 is 0. The Balaban J connectivity index is 1.90. The van der Waals surface area contributed by atoms with E-state index in [4.69, 9.17) is 4.98 Å². The highest BCUT2D eigenvalue weighted by Gasteiger charge is 2.24. The summed E-state index contributed by atoms with van der Waals surface area (Å²) in [4.78, 5) is 32.8. The Morgan fingerprint density at radius 3 is 2.52 bits per heavy atom. The lowest BCUT2D eigenvalue weighted by Crippen LogP contribution is -2.44. The summed E-state index contributed by atoms with van der Waals surface area (Å²) in [5, 5.41) is 3.33. The number of fused-ring (bicyclic) bond motifs is 1. The molecular formula is C20H25N7O2. The van der Waals surface area contributed by atoms with Gasteiger partial charge < -0.3 is 14.8 Å². The Labute approximate surface area is 168 Å². The molecule has 1 saturated heterocycles.